The third kappa shape index (κ3) is 2.94. The minimum absolute atomic E-state index is 0.0579. The highest BCUT2D eigenvalue weighted by Crippen LogP contribution is 2.42. The van der Waals surface area contributed by atoms with Crippen molar-refractivity contribution in [2.45, 2.75) is 18.9 Å². The molecule has 1 aliphatic rings. The molecule has 1 N–H and O–H groups in total. The molecule has 1 aliphatic heterocycles. The number of furan rings is 1. The van der Waals surface area contributed by atoms with Gasteiger partial charge in [-0.1, -0.05) is 18.2 Å². The highest BCUT2D eigenvalue weighted by atomic mass is 16.5. The third-order valence-electron chi connectivity index (χ3n) is 4.04. The van der Waals surface area contributed by atoms with Crippen molar-refractivity contribution in [2.24, 2.45) is 0 Å². The maximum atomic E-state index is 12.8. The van der Waals surface area contributed by atoms with Crippen molar-refractivity contribution in [3.8, 4) is 0 Å². The summed E-state index contributed by atoms with van der Waals surface area (Å²) in [5.41, 5.74) is -1.38. The van der Waals surface area contributed by atoms with Gasteiger partial charge in [0, 0.05) is 5.56 Å². The van der Waals surface area contributed by atoms with Gasteiger partial charge >= 0.3 is 5.97 Å². The molecule has 1 amide bonds. The van der Waals surface area contributed by atoms with Gasteiger partial charge in [0.1, 0.15) is 6.54 Å². The fourth-order valence-corrected chi connectivity index (χ4v) is 2.93. The van der Waals surface area contributed by atoms with Crippen molar-refractivity contribution >= 4 is 23.3 Å². The number of aliphatic hydroxyl groups is 1. The highest BCUT2D eigenvalue weighted by Gasteiger charge is 2.51. The van der Waals surface area contributed by atoms with E-state index in [1.807, 2.05) is 0 Å². The number of fused-ring (bicyclic) bond motifs is 1. The Balaban J connectivity index is 1.93. The third-order valence-corrected chi connectivity index (χ3v) is 4.04. The maximum Gasteiger partial charge on any atom is 0.326 e. The molecular weight excluding hydrogens is 326 g/mol. The van der Waals surface area contributed by atoms with Gasteiger partial charge in [-0.3, -0.25) is 19.3 Å². The summed E-state index contributed by atoms with van der Waals surface area (Å²) in [6.07, 6.45) is 0.866. The number of carbonyl (C=O) groups is 3. The molecule has 2 heterocycles. The molecule has 0 fully saturated rings. The Morgan fingerprint density at radius 1 is 1.24 bits per heavy atom. The van der Waals surface area contributed by atoms with Crippen LogP contribution in [0.1, 0.15) is 29.5 Å². The molecule has 0 bridgehead atoms. The lowest BCUT2D eigenvalue weighted by Crippen LogP contribution is -2.44. The Morgan fingerprint density at radius 3 is 2.68 bits per heavy atom. The van der Waals surface area contributed by atoms with Gasteiger partial charge in [-0.25, -0.2) is 0 Å². The second-order valence-electron chi connectivity index (χ2n) is 5.65. The molecule has 1 aromatic carbocycles. The van der Waals surface area contributed by atoms with Crippen molar-refractivity contribution in [3.63, 3.8) is 0 Å². The zero-order valence-corrected chi connectivity index (χ0v) is 13.6. The summed E-state index contributed by atoms with van der Waals surface area (Å²) >= 11 is 0. The Bertz CT molecular complexity index is 813. The van der Waals surface area contributed by atoms with Crippen LogP contribution in [0.3, 0.4) is 0 Å². The van der Waals surface area contributed by atoms with Gasteiger partial charge in [-0.15, -0.1) is 0 Å². The first kappa shape index (κ1) is 16.9. The van der Waals surface area contributed by atoms with E-state index < -0.39 is 29.7 Å². The molecule has 0 radical (unpaired) electrons. The molecule has 0 aliphatic carbocycles. The molecule has 1 atom stereocenters. The van der Waals surface area contributed by atoms with E-state index in [4.69, 9.17) is 9.15 Å². The number of carbonyl (C=O) groups excluding carboxylic acids is 3. The summed E-state index contributed by atoms with van der Waals surface area (Å²) in [6.45, 7) is 1.51. The average molecular weight is 343 g/mol. The van der Waals surface area contributed by atoms with Crippen molar-refractivity contribution in [2.75, 3.05) is 18.1 Å². The molecule has 25 heavy (non-hydrogen) atoms. The summed E-state index contributed by atoms with van der Waals surface area (Å²) < 4.78 is 9.92. The Hall–Kier alpha value is -2.93. The largest absolute Gasteiger partial charge is 0.465 e. The molecule has 7 heteroatoms. The van der Waals surface area contributed by atoms with Crippen molar-refractivity contribution in [1.82, 2.24) is 0 Å². The van der Waals surface area contributed by atoms with Gasteiger partial charge < -0.3 is 14.3 Å². The van der Waals surface area contributed by atoms with Gasteiger partial charge in [-0.05, 0) is 25.1 Å². The first-order chi connectivity index (χ1) is 12.0. The molecule has 2 aromatic rings. The molecule has 0 spiro atoms. The van der Waals surface area contributed by atoms with Gasteiger partial charge in [0.25, 0.3) is 5.91 Å². The minimum atomic E-state index is -2.05. The standard InChI is InChI=1S/C18H17NO6/c1-2-24-16(21)11-19-13-7-4-3-6-12(13)18(23,17(19)22)10-14(20)15-8-5-9-25-15/h3-9,23H,2,10-11H2,1H3/t18-/m1/s1. The van der Waals surface area contributed by atoms with Crippen molar-refractivity contribution in [1.29, 1.82) is 0 Å². The van der Waals surface area contributed by atoms with E-state index in [2.05, 4.69) is 0 Å². The summed E-state index contributed by atoms with van der Waals surface area (Å²) in [4.78, 5) is 38.1. The minimum Gasteiger partial charge on any atom is -0.465 e. The Kier molecular flexibility index (Phi) is 4.41. The topological polar surface area (TPSA) is 97.0 Å². The fourth-order valence-electron chi connectivity index (χ4n) is 2.93. The van der Waals surface area contributed by atoms with Gasteiger partial charge in [-0.2, -0.15) is 0 Å². The number of hydrogen-bond donors (Lipinski definition) is 1. The number of nitrogens with zero attached hydrogens (tertiary/aromatic N) is 1. The summed E-state index contributed by atoms with van der Waals surface area (Å²) in [7, 11) is 0. The molecule has 1 aromatic heterocycles. The van der Waals surface area contributed by atoms with Crippen LogP contribution in [0, 0.1) is 0 Å². The Morgan fingerprint density at radius 2 is 2.00 bits per heavy atom. The SMILES string of the molecule is CCOC(=O)CN1C(=O)[C@@](O)(CC(=O)c2ccco2)c2ccccc21. The zero-order chi connectivity index (χ0) is 18.0. The smallest absolute Gasteiger partial charge is 0.326 e. The number of esters is 1. The average Bonchev–Trinajstić information content (AvgIpc) is 3.19. The monoisotopic (exact) mass is 343 g/mol. The van der Waals surface area contributed by atoms with E-state index in [1.165, 1.54) is 12.3 Å². The van der Waals surface area contributed by atoms with Crippen LogP contribution in [0.2, 0.25) is 0 Å². The molecule has 130 valence electrons. The number of Topliss-reactive ketones (excluding diaryl/α,β-unsaturated/α-hetero) is 1. The van der Waals surface area contributed by atoms with Gasteiger partial charge in [0.05, 0.1) is 25.0 Å². The molecule has 0 saturated carbocycles. The number of ketones is 1. The van der Waals surface area contributed by atoms with Crippen LogP contribution < -0.4 is 4.90 Å². The number of ether oxygens (including phenoxy) is 1. The number of amides is 1. The van der Waals surface area contributed by atoms with E-state index in [-0.39, 0.29) is 24.5 Å². The lowest BCUT2D eigenvalue weighted by atomic mass is 9.89. The van der Waals surface area contributed by atoms with E-state index in [9.17, 15) is 19.5 Å². The van der Waals surface area contributed by atoms with Gasteiger partial charge in [0.15, 0.2) is 11.4 Å². The van der Waals surface area contributed by atoms with Crippen LogP contribution in [0.25, 0.3) is 0 Å². The van der Waals surface area contributed by atoms with Crippen LogP contribution >= 0.6 is 0 Å². The second kappa shape index (κ2) is 6.52. The molecular formula is C18H17NO6. The number of hydrogen-bond acceptors (Lipinski definition) is 6. The summed E-state index contributed by atoms with van der Waals surface area (Å²) in [5.74, 6) is -1.77. The number of anilines is 1. The predicted octanol–water partition coefficient (Wildman–Crippen LogP) is 1.65. The van der Waals surface area contributed by atoms with Crippen LogP contribution in [-0.4, -0.2) is 35.9 Å². The first-order valence-electron chi connectivity index (χ1n) is 7.83. The Labute approximate surface area is 143 Å². The summed E-state index contributed by atoms with van der Waals surface area (Å²) in [5, 5.41) is 11.0. The van der Waals surface area contributed by atoms with E-state index >= 15 is 0 Å². The van der Waals surface area contributed by atoms with Crippen LogP contribution in [0.4, 0.5) is 5.69 Å². The fraction of sp³-hybridized carbons (Fsp3) is 0.278. The molecule has 3 rings (SSSR count). The number of para-hydroxylation sites is 1. The summed E-state index contributed by atoms with van der Waals surface area (Å²) in [6, 6.07) is 9.53. The van der Waals surface area contributed by atoms with Crippen molar-refractivity contribution < 1.29 is 28.6 Å². The molecule has 7 nitrogen and oxygen atoms in total. The normalized spacial score (nSPS) is 19.0. The van der Waals surface area contributed by atoms with Crippen molar-refractivity contribution in [3.05, 3.63) is 54.0 Å². The highest BCUT2D eigenvalue weighted by molar-refractivity contribution is 6.12. The molecule has 0 saturated heterocycles. The van der Waals surface area contributed by atoms with Crippen LogP contribution in [0.15, 0.2) is 47.1 Å². The molecule has 0 unspecified atom stereocenters. The number of rotatable bonds is 6. The maximum absolute atomic E-state index is 12.8. The quantitative estimate of drug-likeness (QED) is 0.633. The lowest BCUT2D eigenvalue weighted by molar-refractivity contribution is -0.144. The predicted molar refractivity (Wildman–Crippen MR) is 87.0 cm³/mol. The van der Waals surface area contributed by atoms with Crippen LogP contribution in [0.5, 0.6) is 0 Å². The number of benzene rings is 1. The second-order valence-corrected chi connectivity index (χ2v) is 5.65. The van der Waals surface area contributed by atoms with Gasteiger partial charge in [0.2, 0.25) is 5.78 Å². The van der Waals surface area contributed by atoms with Crippen LogP contribution in [-0.2, 0) is 19.9 Å². The van der Waals surface area contributed by atoms with E-state index in [1.54, 1.807) is 37.3 Å². The first-order valence-corrected chi connectivity index (χ1v) is 7.83. The zero-order valence-electron chi connectivity index (χ0n) is 13.6. The lowest BCUT2D eigenvalue weighted by Gasteiger charge is -2.21. The van der Waals surface area contributed by atoms with E-state index in [0.717, 1.165) is 4.90 Å². The van der Waals surface area contributed by atoms with E-state index in [0.29, 0.717) is 5.69 Å².